The lowest BCUT2D eigenvalue weighted by Gasteiger charge is -2.31. The summed E-state index contributed by atoms with van der Waals surface area (Å²) in [7, 11) is 1.66. The van der Waals surface area contributed by atoms with Crippen LogP contribution < -0.4 is 5.32 Å². The molecule has 0 aliphatic carbocycles. The average molecular weight is 387 g/mol. The van der Waals surface area contributed by atoms with Gasteiger partial charge in [-0.3, -0.25) is 9.59 Å². The Morgan fingerprint density at radius 1 is 1.03 bits per heavy atom. The first-order chi connectivity index (χ1) is 14.1. The molecule has 5 nitrogen and oxygen atoms in total. The number of aryl methyl sites for hydroxylation is 1. The van der Waals surface area contributed by atoms with E-state index in [2.05, 4.69) is 24.4 Å². The van der Waals surface area contributed by atoms with Crippen LogP contribution in [0.15, 0.2) is 54.6 Å². The van der Waals surface area contributed by atoms with Crippen molar-refractivity contribution in [2.24, 2.45) is 5.92 Å². The first-order valence-corrected chi connectivity index (χ1v) is 10.0. The number of rotatable bonds is 3. The molecule has 2 amide bonds. The van der Waals surface area contributed by atoms with Crippen LogP contribution in [0.25, 0.3) is 22.2 Å². The van der Waals surface area contributed by atoms with Gasteiger partial charge in [0.25, 0.3) is 5.91 Å². The minimum atomic E-state index is -0.0126. The molecule has 1 aliphatic heterocycles. The largest absolute Gasteiger partial charge is 0.359 e. The van der Waals surface area contributed by atoms with E-state index in [0.29, 0.717) is 31.5 Å². The van der Waals surface area contributed by atoms with Crippen molar-refractivity contribution in [2.75, 3.05) is 20.1 Å². The molecule has 148 valence electrons. The van der Waals surface area contributed by atoms with Crippen LogP contribution in [0, 0.1) is 12.8 Å². The molecule has 0 spiro atoms. The Balaban J connectivity index is 1.68. The molecule has 0 unspecified atom stereocenters. The van der Waals surface area contributed by atoms with E-state index in [4.69, 9.17) is 4.98 Å². The number of hydrogen-bond donors (Lipinski definition) is 1. The van der Waals surface area contributed by atoms with Gasteiger partial charge in [-0.2, -0.15) is 0 Å². The van der Waals surface area contributed by atoms with Crippen LogP contribution in [-0.4, -0.2) is 41.8 Å². The number of benzene rings is 2. The van der Waals surface area contributed by atoms with Crippen LogP contribution in [0.2, 0.25) is 0 Å². The molecule has 1 aliphatic rings. The lowest BCUT2D eigenvalue weighted by molar-refractivity contribution is -0.125. The highest BCUT2D eigenvalue weighted by Crippen LogP contribution is 2.27. The summed E-state index contributed by atoms with van der Waals surface area (Å²) in [6.07, 6.45) is 1.39. The number of carbonyl (C=O) groups is 2. The molecule has 1 saturated heterocycles. The van der Waals surface area contributed by atoms with Crippen LogP contribution in [-0.2, 0) is 4.79 Å². The van der Waals surface area contributed by atoms with Gasteiger partial charge in [-0.15, -0.1) is 0 Å². The molecule has 2 aromatic carbocycles. The van der Waals surface area contributed by atoms with E-state index < -0.39 is 0 Å². The fraction of sp³-hybridized carbons (Fsp3) is 0.292. The van der Waals surface area contributed by atoms with Gasteiger partial charge < -0.3 is 10.2 Å². The number of aromatic nitrogens is 1. The summed E-state index contributed by atoms with van der Waals surface area (Å²) in [5, 5.41) is 3.58. The topological polar surface area (TPSA) is 62.3 Å². The number of fused-ring (bicyclic) bond motifs is 1. The van der Waals surface area contributed by atoms with E-state index in [1.807, 2.05) is 47.4 Å². The Hall–Kier alpha value is -3.21. The molecule has 5 heteroatoms. The van der Waals surface area contributed by atoms with E-state index in [1.165, 1.54) is 5.56 Å². The number of para-hydroxylation sites is 1. The van der Waals surface area contributed by atoms with Crippen molar-refractivity contribution in [2.45, 2.75) is 19.8 Å². The van der Waals surface area contributed by atoms with Crippen molar-refractivity contribution in [3.05, 3.63) is 65.7 Å². The molecule has 29 heavy (non-hydrogen) atoms. The van der Waals surface area contributed by atoms with Crippen molar-refractivity contribution in [3.63, 3.8) is 0 Å². The third-order valence-electron chi connectivity index (χ3n) is 5.69. The summed E-state index contributed by atoms with van der Waals surface area (Å²) in [4.78, 5) is 31.9. The molecular formula is C24H25N3O2. The summed E-state index contributed by atoms with van der Waals surface area (Å²) in [6.45, 7) is 3.23. The standard InChI is InChI=1S/C24H25N3O2/c1-16-7-9-17(10-8-16)22-15-20(19-5-3-4-6-21(19)26-22)24(29)27-13-11-18(12-14-27)23(28)25-2/h3-10,15,18H,11-14H2,1-2H3,(H,25,28). The Bertz CT molecular complexity index is 1050. The molecule has 4 rings (SSSR count). The zero-order valence-corrected chi connectivity index (χ0v) is 16.8. The highest BCUT2D eigenvalue weighted by molar-refractivity contribution is 6.07. The van der Waals surface area contributed by atoms with Crippen molar-refractivity contribution in [1.82, 2.24) is 15.2 Å². The Morgan fingerprint density at radius 2 is 1.72 bits per heavy atom. The lowest BCUT2D eigenvalue weighted by Crippen LogP contribution is -2.42. The summed E-state index contributed by atoms with van der Waals surface area (Å²) >= 11 is 0. The molecule has 0 atom stereocenters. The first-order valence-electron chi connectivity index (χ1n) is 10.0. The van der Waals surface area contributed by atoms with Crippen molar-refractivity contribution in [1.29, 1.82) is 0 Å². The van der Waals surface area contributed by atoms with E-state index >= 15 is 0 Å². The van der Waals surface area contributed by atoms with Gasteiger partial charge in [-0.25, -0.2) is 4.98 Å². The van der Waals surface area contributed by atoms with E-state index in [-0.39, 0.29) is 17.7 Å². The monoisotopic (exact) mass is 387 g/mol. The molecule has 1 aromatic heterocycles. The number of hydrogen-bond acceptors (Lipinski definition) is 3. The molecule has 3 aromatic rings. The predicted octanol–water partition coefficient (Wildman–Crippen LogP) is 3.81. The van der Waals surface area contributed by atoms with E-state index in [9.17, 15) is 9.59 Å². The van der Waals surface area contributed by atoms with Crippen molar-refractivity contribution < 1.29 is 9.59 Å². The fourth-order valence-corrected chi connectivity index (χ4v) is 3.94. The Labute approximate surface area is 170 Å². The zero-order valence-electron chi connectivity index (χ0n) is 16.8. The van der Waals surface area contributed by atoms with Gasteiger partial charge in [-0.1, -0.05) is 48.0 Å². The molecule has 0 bridgehead atoms. The molecule has 1 fully saturated rings. The van der Waals surface area contributed by atoms with Crippen LogP contribution in [0.1, 0.15) is 28.8 Å². The minimum Gasteiger partial charge on any atom is -0.359 e. The number of nitrogens with one attached hydrogen (secondary N) is 1. The quantitative estimate of drug-likeness (QED) is 0.743. The van der Waals surface area contributed by atoms with Crippen molar-refractivity contribution >= 4 is 22.7 Å². The summed E-state index contributed by atoms with van der Waals surface area (Å²) in [6, 6.07) is 17.9. The number of carbonyl (C=O) groups excluding carboxylic acids is 2. The normalized spacial score (nSPS) is 14.8. The summed E-state index contributed by atoms with van der Waals surface area (Å²) in [5.74, 6) is 0.0572. The van der Waals surface area contributed by atoms with Gasteiger partial charge in [0.1, 0.15) is 0 Å². The van der Waals surface area contributed by atoms with Gasteiger partial charge >= 0.3 is 0 Å². The molecule has 2 heterocycles. The molecule has 0 saturated carbocycles. The zero-order chi connectivity index (χ0) is 20.4. The van der Waals surface area contributed by atoms with Gasteiger partial charge in [0, 0.05) is 37.0 Å². The highest BCUT2D eigenvalue weighted by atomic mass is 16.2. The third-order valence-corrected chi connectivity index (χ3v) is 5.69. The maximum Gasteiger partial charge on any atom is 0.254 e. The summed E-state index contributed by atoms with van der Waals surface area (Å²) in [5.41, 5.74) is 4.46. The number of amides is 2. The maximum atomic E-state index is 13.4. The Kier molecular flexibility index (Phi) is 5.30. The smallest absolute Gasteiger partial charge is 0.254 e. The fourth-order valence-electron chi connectivity index (χ4n) is 3.94. The second kappa shape index (κ2) is 8.03. The van der Waals surface area contributed by atoms with Gasteiger partial charge in [0.2, 0.25) is 5.91 Å². The number of piperidine rings is 1. The summed E-state index contributed by atoms with van der Waals surface area (Å²) < 4.78 is 0. The van der Waals surface area contributed by atoms with E-state index in [1.54, 1.807) is 7.05 Å². The second-order valence-corrected chi connectivity index (χ2v) is 7.62. The van der Waals surface area contributed by atoms with Gasteiger partial charge in [-0.05, 0) is 31.9 Å². The van der Waals surface area contributed by atoms with Crippen LogP contribution in [0.5, 0.6) is 0 Å². The number of nitrogens with zero attached hydrogens (tertiary/aromatic N) is 2. The lowest BCUT2D eigenvalue weighted by atomic mass is 9.95. The van der Waals surface area contributed by atoms with E-state index in [0.717, 1.165) is 22.2 Å². The average Bonchev–Trinajstić information content (AvgIpc) is 2.78. The Morgan fingerprint density at radius 3 is 2.41 bits per heavy atom. The first kappa shape index (κ1) is 19.1. The van der Waals surface area contributed by atoms with Crippen LogP contribution in [0.4, 0.5) is 0 Å². The minimum absolute atomic E-state index is 0.00678. The van der Waals surface area contributed by atoms with Crippen LogP contribution >= 0.6 is 0 Å². The molecular weight excluding hydrogens is 362 g/mol. The van der Waals surface area contributed by atoms with Crippen LogP contribution in [0.3, 0.4) is 0 Å². The maximum absolute atomic E-state index is 13.4. The third kappa shape index (κ3) is 3.86. The molecule has 1 N–H and O–H groups in total. The van der Waals surface area contributed by atoms with Crippen molar-refractivity contribution in [3.8, 4) is 11.3 Å². The number of pyridine rings is 1. The second-order valence-electron chi connectivity index (χ2n) is 7.62. The SMILES string of the molecule is CNC(=O)C1CCN(C(=O)c2cc(-c3ccc(C)cc3)nc3ccccc23)CC1. The number of likely N-dealkylation sites (tertiary alicyclic amines) is 1. The predicted molar refractivity (Wildman–Crippen MR) is 115 cm³/mol. The van der Waals surface area contributed by atoms with Gasteiger partial charge in [0.15, 0.2) is 0 Å². The van der Waals surface area contributed by atoms with Gasteiger partial charge in [0.05, 0.1) is 16.8 Å². The highest BCUT2D eigenvalue weighted by Gasteiger charge is 2.28. The molecule has 0 radical (unpaired) electrons.